The highest BCUT2D eigenvalue weighted by Crippen LogP contribution is 2.37. The van der Waals surface area contributed by atoms with Crippen molar-refractivity contribution < 1.29 is 32.5 Å². The van der Waals surface area contributed by atoms with Gasteiger partial charge in [0.15, 0.2) is 6.61 Å². The molecule has 1 atom stereocenters. The first kappa shape index (κ1) is 27.2. The molecule has 1 aromatic heterocycles. The summed E-state index contributed by atoms with van der Waals surface area (Å²) in [5, 5.41) is 9.46. The quantitative estimate of drug-likeness (QED) is 0.225. The summed E-state index contributed by atoms with van der Waals surface area (Å²) in [5.41, 5.74) is 2.63. The van der Waals surface area contributed by atoms with Crippen LogP contribution >= 0.6 is 11.3 Å². The molecule has 38 heavy (non-hydrogen) atoms. The van der Waals surface area contributed by atoms with Crippen molar-refractivity contribution in [1.29, 1.82) is 0 Å². The van der Waals surface area contributed by atoms with Crippen LogP contribution in [0.15, 0.2) is 72.8 Å². The van der Waals surface area contributed by atoms with Crippen LogP contribution in [-0.2, 0) is 23.8 Å². The zero-order valence-electron chi connectivity index (χ0n) is 20.8. The molecule has 3 aromatic carbocycles. The summed E-state index contributed by atoms with van der Waals surface area (Å²) in [4.78, 5) is 16.5. The Bertz CT molecular complexity index is 1390. The molecule has 0 bridgehead atoms. The second kappa shape index (κ2) is 11.7. The summed E-state index contributed by atoms with van der Waals surface area (Å²) in [6, 6.07) is 20.1. The van der Waals surface area contributed by atoms with E-state index in [9.17, 15) is 18.0 Å². The monoisotopic (exact) mass is 541 g/mol. The van der Waals surface area contributed by atoms with E-state index in [0.717, 1.165) is 40.3 Å². The van der Waals surface area contributed by atoms with Crippen molar-refractivity contribution in [2.45, 2.75) is 39.0 Å². The number of carbonyl (C=O) groups is 1. The van der Waals surface area contributed by atoms with Crippen molar-refractivity contribution in [3.63, 3.8) is 0 Å². The molecular weight excluding hydrogens is 515 g/mol. The Labute approximate surface area is 222 Å². The Hall–Kier alpha value is -3.85. The predicted molar refractivity (Wildman–Crippen MR) is 140 cm³/mol. The minimum atomic E-state index is -4.40. The van der Waals surface area contributed by atoms with Gasteiger partial charge in [-0.05, 0) is 68.1 Å². The molecule has 0 unspecified atom stereocenters. The number of aromatic nitrogens is 1. The van der Waals surface area contributed by atoms with Gasteiger partial charge >= 0.3 is 12.1 Å². The molecule has 0 spiro atoms. The van der Waals surface area contributed by atoms with E-state index in [1.807, 2.05) is 37.3 Å². The zero-order valence-corrected chi connectivity index (χ0v) is 21.6. The van der Waals surface area contributed by atoms with Crippen LogP contribution in [0, 0.1) is 6.92 Å². The van der Waals surface area contributed by atoms with Crippen LogP contribution in [-0.4, -0.2) is 22.7 Å². The molecule has 0 saturated carbocycles. The van der Waals surface area contributed by atoms with Gasteiger partial charge < -0.3 is 14.6 Å². The fourth-order valence-corrected chi connectivity index (χ4v) is 5.04. The van der Waals surface area contributed by atoms with Crippen LogP contribution in [0.3, 0.4) is 0 Å². The van der Waals surface area contributed by atoms with Crippen molar-refractivity contribution in [3.8, 4) is 22.1 Å². The maximum absolute atomic E-state index is 13.0. The minimum Gasteiger partial charge on any atom is -0.485 e. The van der Waals surface area contributed by atoms with Gasteiger partial charge in [0, 0.05) is 5.56 Å². The van der Waals surface area contributed by atoms with Crippen LogP contribution in [0.5, 0.6) is 11.5 Å². The van der Waals surface area contributed by atoms with Gasteiger partial charge in [-0.2, -0.15) is 13.2 Å². The molecule has 5 nitrogen and oxygen atoms in total. The fraction of sp³-hybridized carbons (Fsp3) is 0.241. The smallest absolute Gasteiger partial charge is 0.416 e. The van der Waals surface area contributed by atoms with Crippen molar-refractivity contribution in [2.24, 2.45) is 0 Å². The summed E-state index contributed by atoms with van der Waals surface area (Å²) in [5.74, 6) is -0.0232. The lowest BCUT2D eigenvalue weighted by Gasteiger charge is -2.16. The Morgan fingerprint density at radius 1 is 1.03 bits per heavy atom. The third kappa shape index (κ3) is 6.92. The van der Waals surface area contributed by atoms with Crippen LogP contribution in [0.25, 0.3) is 10.6 Å². The summed E-state index contributed by atoms with van der Waals surface area (Å²) in [6.45, 7) is 3.27. The molecule has 198 valence electrons. The lowest BCUT2D eigenvalue weighted by molar-refractivity contribution is -0.139. The molecule has 1 heterocycles. The molecule has 0 aliphatic rings. The van der Waals surface area contributed by atoms with Crippen molar-refractivity contribution in [1.82, 2.24) is 4.98 Å². The number of hydrogen-bond donors (Lipinski definition) is 1. The molecule has 4 aromatic rings. The van der Waals surface area contributed by atoms with Crippen LogP contribution < -0.4 is 9.47 Å². The number of aryl methyl sites for hydroxylation is 3. The third-order valence-electron chi connectivity index (χ3n) is 5.86. The van der Waals surface area contributed by atoms with E-state index < -0.39 is 24.3 Å². The van der Waals surface area contributed by atoms with E-state index in [2.05, 4.69) is 0 Å². The van der Waals surface area contributed by atoms with E-state index >= 15 is 0 Å². The van der Waals surface area contributed by atoms with E-state index in [-0.39, 0.29) is 6.10 Å². The molecule has 0 saturated heterocycles. The van der Waals surface area contributed by atoms with Crippen LogP contribution in [0.1, 0.15) is 40.3 Å². The largest absolute Gasteiger partial charge is 0.485 e. The van der Waals surface area contributed by atoms with E-state index in [0.29, 0.717) is 28.5 Å². The molecule has 0 radical (unpaired) electrons. The highest BCUT2D eigenvalue weighted by atomic mass is 32.1. The number of hydrogen-bond acceptors (Lipinski definition) is 5. The van der Waals surface area contributed by atoms with Crippen LogP contribution in [0.2, 0.25) is 0 Å². The average molecular weight is 542 g/mol. The third-order valence-corrected chi connectivity index (χ3v) is 7.17. The van der Waals surface area contributed by atoms with E-state index in [1.165, 1.54) is 23.5 Å². The normalized spacial score (nSPS) is 12.2. The Balaban J connectivity index is 1.58. The first-order valence-electron chi connectivity index (χ1n) is 11.9. The number of benzene rings is 3. The second-order valence-electron chi connectivity index (χ2n) is 8.76. The number of thiazole rings is 1. The number of carboxylic acids is 1. The van der Waals surface area contributed by atoms with Gasteiger partial charge in [-0.3, -0.25) is 0 Å². The molecule has 0 aliphatic carbocycles. The van der Waals surface area contributed by atoms with Crippen LogP contribution in [0.4, 0.5) is 13.2 Å². The number of aliphatic carboxylic acids is 1. The number of nitrogens with zero attached hydrogens (tertiary/aromatic N) is 1. The summed E-state index contributed by atoms with van der Waals surface area (Å²) in [6.07, 6.45) is -3.38. The van der Waals surface area contributed by atoms with Crippen molar-refractivity contribution in [2.75, 3.05) is 6.61 Å². The summed E-state index contributed by atoms with van der Waals surface area (Å²) >= 11 is 1.40. The standard InChI is InChI=1S/C29H26F3NO4S/c1-18-16-23(13-15-25(18)36-17-26(34)35)37-19(2)27-24(14-8-20-6-4-3-5-7-20)33-28(38-27)21-9-11-22(12-10-21)29(30,31)32/h3-7,9-13,15-16,19H,8,14,17H2,1-2H3,(H,34,35)/t19-/m1/s1. The molecule has 0 fully saturated rings. The number of ether oxygens (including phenoxy) is 2. The van der Waals surface area contributed by atoms with Gasteiger partial charge in [0.05, 0.1) is 16.1 Å². The maximum atomic E-state index is 13.0. The lowest BCUT2D eigenvalue weighted by Crippen LogP contribution is -2.10. The highest BCUT2D eigenvalue weighted by Gasteiger charge is 2.30. The zero-order chi connectivity index (χ0) is 27.3. The first-order valence-corrected chi connectivity index (χ1v) is 12.7. The Morgan fingerprint density at radius 2 is 1.74 bits per heavy atom. The molecule has 4 rings (SSSR count). The molecule has 0 aliphatic heterocycles. The second-order valence-corrected chi connectivity index (χ2v) is 9.79. The van der Waals surface area contributed by atoms with Gasteiger partial charge in [0.1, 0.15) is 22.6 Å². The topological polar surface area (TPSA) is 68.7 Å². The Kier molecular flexibility index (Phi) is 8.36. The SMILES string of the molecule is Cc1cc(O[C@H](C)c2sc(-c3ccc(C(F)(F)F)cc3)nc2CCc2ccccc2)ccc1OCC(=O)O. The molecule has 0 amide bonds. The maximum Gasteiger partial charge on any atom is 0.416 e. The first-order chi connectivity index (χ1) is 18.1. The van der Waals surface area contributed by atoms with Crippen molar-refractivity contribution in [3.05, 3.63) is 100 Å². The highest BCUT2D eigenvalue weighted by molar-refractivity contribution is 7.15. The summed E-state index contributed by atoms with van der Waals surface area (Å²) < 4.78 is 50.6. The minimum absolute atomic E-state index is 0.383. The van der Waals surface area contributed by atoms with Crippen molar-refractivity contribution >= 4 is 17.3 Å². The average Bonchev–Trinajstić information content (AvgIpc) is 3.31. The number of carboxylic acid groups (broad SMARTS) is 1. The number of rotatable bonds is 10. The molecule has 9 heteroatoms. The van der Waals surface area contributed by atoms with E-state index in [4.69, 9.17) is 19.6 Å². The van der Waals surface area contributed by atoms with Gasteiger partial charge in [-0.25, -0.2) is 9.78 Å². The van der Waals surface area contributed by atoms with Gasteiger partial charge in [-0.1, -0.05) is 42.5 Å². The van der Waals surface area contributed by atoms with Gasteiger partial charge in [-0.15, -0.1) is 11.3 Å². The number of alkyl halides is 3. The number of halogens is 3. The molecule has 1 N–H and O–H groups in total. The molecular formula is C29H26F3NO4S. The summed E-state index contributed by atoms with van der Waals surface area (Å²) in [7, 11) is 0. The fourth-order valence-electron chi connectivity index (χ4n) is 3.95. The lowest BCUT2D eigenvalue weighted by atomic mass is 10.1. The Morgan fingerprint density at radius 3 is 2.37 bits per heavy atom. The van der Waals surface area contributed by atoms with E-state index in [1.54, 1.807) is 25.1 Å². The van der Waals surface area contributed by atoms with Gasteiger partial charge in [0.2, 0.25) is 0 Å². The van der Waals surface area contributed by atoms with Gasteiger partial charge in [0.25, 0.3) is 0 Å². The predicted octanol–water partition coefficient (Wildman–Crippen LogP) is 7.53.